The number of nitrogens with zero attached hydrogens (tertiary/aromatic N) is 2. The van der Waals surface area contributed by atoms with E-state index in [1.54, 1.807) is 42.5 Å². The average molecular weight is 496 g/mol. The molecule has 150 valence electrons. The maximum atomic E-state index is 13.3. The summed E-state index contributed by atoms with van der Waals surface area (Å²) >= 11 is 15.1. The molecule has 1 heterocycles. The van der Waals surface area contributed by atoms with E-state index in [9.17, 15) is 9.59 Å². The van der Waals surface area contributed by atoms with Crippen molar-refractivity contribution >= 4 is 68.5 Å². The Kier molecular flexibility index (Phi) is 6.56. The fraction of sp³-hybridized carbons (Fsp3) is 0.150. The van der Waals surface area contributed by atoms with Crippen LogP contribution in [0.1, 0.15) is 5.56 Å². The van der Waals surface area contributed by atoms with Gasteiger partial charge in [0.25, 0.3) is 5.91 Å². The third-order valence-corrected chi connectivity index (χ3v) is 5.41. The normalized spacial score (nSPS) is 15.2. The quantitative estimate of drug-likeness (QED) is 0.351. The Balaban J connectivity index is 2.14. The first-order valence-corrected chi connectivity index (χ1v) is 9.97. The van der Waals surface area contributed by atoms with Crippen LogP contribution in [-0.4, -0.2) is 42.7 Å². The van der Waals surface area contributed by atoms with Crippen molar-refractivity contribution in [1.82, 2.24) is 4.90 Å². The van der Waals surface area contributed by atoms with Crippen molar-refractivity contribution < 1.29 is 19.1 Å². The molecule has 6 nitrogen and oxygen atoms in total. The number of carbonyl (C=O) groups is 2. The van der Waals surface area contributed by atoms with Crippen molar-refractivity contribution in [3.8, 4) is 5.75 Å². The molecule has 0 aliphatic carbocycles. The fourth-order valence-electron chi connectivity index (χ4n) is 2.88. The molecule has 0 saturated carbocycles. The second-order valence-corrected chi connectivity index (χ2v) is 7.62. The van der Waals surface area contributed by atoms with Gasteiger partial charge in [0.2, 0.25) is 0 Å². The number of halogens is 2. The van der Waals surface area contributed by atoms with E-state index in [2.05, 4.69) is 15.9 Å². The highest BCUT2D eigenvalue weighted by Gasteiger charge is 2.40. The summed E-state index contributed by atoms with van der Waals surface area (Å²) in [5.41, 5.74) is 1.36. The van der Waals surface area contributed by atoms with Crippen molar-refractivity contribution in [2.45, 2.75) is 0 Å². The summed E-state index contributed by atoms with van der Waals surface area (Å²) in [4.78, 5) is 28.0. The minimum absolute atomic E-state index is 0.179. The lowest BCUT2D eigenvalue weighted by Crippen LogP contribution is -2.35. The lowest BCUT2D eigenvalue weighted by Gasteiger charge is -2.19. The summed E-state index contributed by atoms with van der Waals surface area (Å²) < 4.78 is 10.8. The number of hydrogen-bond acceptors (Lipinski definition) is 5. The summed E-state index contributed by atoms with van der Waals surface area (Å²) in [5, 5.41) is 0.634. The van der Waals surface area contributed by atoms with E-state index in [0.29, 0.717) is 26.5 Å². The molecular formula is C20H16BrClN2O4S. The van der Waals surface area contributed by atoms with Crippen molar-refractivity contribution in [3.05, 3.63) is 63.2 Å². The second kappa shape index (κ2) is 8.94. The smallest absolute Gasteiger partial charge is 0.325 e. The predicted octanol–water partition coefficient (Wildman–Crippen LogP) is 4.26. The number of ether oxygens (including phenoxy) is 2. The molecule has 3 rings (SSSR count). The van der Waals surface area contributed by atoms with Crippen LogP contribution >= 0.6 is 39.7 Å². The first-order chi connectivity index (χ1) is 13.9. The number of para-hydroxylation sites is 1. The Hall–Kier alpha value is -2.42. The topological polar surface area (TPSA) is 59.1 Å². The number of amides is 1. The Morgan fingerprint density at radius 3 is 2.55 bits per heavy atom. The van der Waals surface area contributed by atoms with Crippen LogP contribution in [0.5, 0.6) is 5.75 Å². The molecule has 0 unspecified atom stereocenters. The maximum Gasteiger partial charge on any atom is 0.325 e. The minimum atomic E-state index is -0.528. The third-order valence-electron chi connectivity index (χ3n) is 4.20. The molecule has 1 saturated heterocycles. The zero-order valence-corrected chi connectivity index (χ0v) is 18.7. The first-order valence-electron chi connectivity index (χ1n) is 8.40. The van der Waals surface area contributed by atoms with Crippen LogP contribution in [0.15, 0.2) is 52.6 Å². The van der Waals surface area contributed by atoms with E-state index in [0.717, 1.165) is 0 Å². The molecule has 1 fully saturated rings. The SMILES string of the molecule is COC(=O)CN1C(=S)N(c2ccccc2)C(=O)C1=Cc1cc(Cl)cc(Br)c1OC. The van der Waals surface area contributed by atoms with Crippen molar-refractivity contribution in [2.75, 3.05) is 25.7 Å². The summed E-state index contributed by atoms with van der Waals surface area (Å²) in [7, 11) is 2.79. The molecule has 1 aliphatic rings. The number of carbonyl (C=O) groups excluding carboxylic acids is 2. The van der Waals surface area contributed by atoms with E-state index in [1.165, 1.54) is 24.0 Å². The van der Waals surface area contributed by atoms with Crippen molar-refractivity contribution in [1.29, 1.82) is 0 Å². The Morgan fingerprint density at radius 1 is 1.24 bits per heavy atom. The highest BCUT2D eigenvalue weighted by atomic mass is 79.9. The molecule has 2 aromatic carbocycles. The third kappa shape index (κ3) is 4.29. The molecule has 2 aromatic rings. The fourth-order valence-corrected chi connectivity index (χ4v) is 4.23. The Bertz CT molecular complexity index is 1010. The average Bonchev–Trinajstić information content (AvgIpc) is 2.92. The number of methoxy groups -OCH3 is 2. The van der Waals surface area contributed by atoms with Gasteiger partial charge in [0, 0.05) is 10.6 Å². The maximum absolute atomic E-state index is 13.3. The van der Waals surface area contributed by atoms with Gasteiger partial charge in [-0.3, -0.25) is 14.5 Å². The number of anilines is 1. The predicted molar refractivity (Wildman–Crippen MR) is 119 cm³/mol. The molecular weight excluding hydrogens is 480 g/mol. The van der Waals surface area contributed by atoms with E-state index in [1.807, 2.05) is 6.07 Å². The van der Waals surface area contributed by atoms with Crippen LogP contribution < -0.4 is 9.64 Å². The zero-order valence-electron chi connectivity index (χ0n) is 15.5. The first kappa shape index (κ1) is 21.3. The van der Waals surface area contributed by atoms with Gasteiger partial charge in [-0.2, -0.15) is 0 Å². The highest BCUT2D eigenvalue weighted by Crippen LogP contribution is 2.36. The van der Waals surface area contributed by atoms with Crippen LogP contribution in [0.3, 0.4) is 0 Å². The van der Waals surface area contributed by atoms with Gasteiger partial charge < -0.3 is 14.4 Å². The molecule has 1 amide bonds. The number of rotatable bonds is 5. The lowest BCUT2D eigenvalue weighted by molar-refractivity contribution is -0.140. The van der Waals surface area contributed by atoms with E-state index >= 15 is 0 Å². The number of thiocarbonyl (C=S) groups is 1. The monoisotopic (exact) mass is 494 g/mol. The van der Waals surface area contributed by atoms with Gasteiger partial charge in [-0.05, 0) is 58.5 Å². The van der Waals surface area contributed by atoms with Gasteiger partial charge in [-0.1, -0.05) is 29.8 Å². The van der Waals surface area contributed by atoms with Gasteiger partial charge in [0.1, 0.15) is 18.0 Å². The summed E-state index contributed by atoms with van der Waals surface area (Å²) in [6.45, 7) is -0.208. The van der Waals surface area contributed by atoms with Crippen LogP contribution in [0.2, 0.25) is 5.02 Å². The summed E-state index contributed by atoms with van der Waals surface area (Å²) in [6.07, 6.45) is 1.59. The second-order valence-electron chi connectivity index (χ2n) is 5.96. The van der Waals surface area contributed by atoms with E-state index < -0.39 is 5.97 Å². The molecule has 1 aliphatic heterocycles. The number of hydrogen-bond donors (Lipinski definition) is 0. The van der Waals surface area contributed by atoms with Crippen LogP contribution in [0.4, 0.5) is 5.69 Å². The van der Waals surface area contributed by atoms with Gasteiger partial charge in [0.15, 0.2) is 5.11 Å². The van der Waals surface area contributed by atoms with Crippen LogP contribution in [-0.2, 0) is 14.3 Å². The van der Waals surface area contributed by atoms with Gasteiger partial charge in [0.05, 0.1) is 24.4 Å². The molecule has 0 atom stereocenters. The highest BCUT2D eigenvalue weighted by molar-refractivity contribution is 9.10. The van der Waals surface area contributed by atoms with Gasteiger partial charge in [-0.25, -0.2) is 0 Å². The van der Waals surface area contributed by atoms with Crippen LogP contribution in [0, 0.1) is 0 Å². The molecule has 0 spiro atoms. The number of esters is 1. The minimum Gasteiger partial charge on any atom is -0.495 e. The molecule has 0 bridgehead atoms. The van der Waals surface area contributed by atoms with Crippen molar-refractivity contribution in [3.63, 3.8) is 0 Å². The van der Waals surface area contributed by atoms with E-state index in [-0.39, 0.29) is 23.3 Å². The summed E-state index contributed by atoms with van der Waals surface area (Å²) in [5.74, 6) is -0.403. The largest absolute Gasteiger partial charge is 0.495 e. The molecule has 0 aromatic heterocycles. The van der Waals surface area contributed by atoms with E-state index in [4.69, 9.17) is 33.3 Å². The molecule has 0 radical (unpaired) electrons. The summed E-state index contributed by atoms with van der Waals surface area (Å²) in [6, 6.07) is 12.3. The zero-order chi connectivity index (χ0) is 21.1. The van der Waals surface area contributed by atoms with Gasteiger partial charge >= 0.3 is 5.97 Å². The lowest BCUT2D eigenvalue weighted by atomic mass is 10.1. The van der Waals surface area contributed by atoms with Crippen molar-refractivity contribution in [2.24, 2.45) is 0 Å². The Morgan fingerprint density at radius 2 is 1.93 bits per heavy atom. The van der Waals surface area contributed by atoms with Crippen LogP contribution in [0.25, 0.3) is 6.08 Å². The standard InChI is InChI=1S/C20H16BrClN2O4S/c1-27-17(25)11-23-16(9-12-8-13(22)10-15(21)18(12)28-2)19(26)24(20(23)29)14-6-4-3-5-7-14/h3-10H,11H2,1-2H3. The number of benzene rings is 2. The Labute approximate surface area is 186 Å². The molecule has 9 heteroatoms. The van der Waals surface area contributed by atoms with Gasteiger partial charge in [-0.15, -0.1) is 0 Å². The molecule has 29 heavy (non-hydrogen) atoms. The molecule has 0 N–H and O–H groups in total.